The summed E-state index contributed by atoms with van der Waals surface area (Å²) in [6.45, 7) is 7.96. The van der Waals surface area contributed by atoms with E-state index < -0.39 is 28.5 Å². The lowest BCUT2D eigenvalue weighted by Gasteiger charge is -2.32. The molecule has 0 spiro atoms. The predicted octanol–water partition coefficient (Wildman–Crippen LogP) is 5.13. The van der Waals surface area contributed by atoms with Gasteiger partial charge in [0.2, 0.25) is 11.8 Å². The minimum Gasteiger partial charge on any atom is -0.354 e. The smallest absolute Gasteiger partial charge is 0.264 e. The number of anilines is 1. The van der Waals surface area contributed by atoms with Gasteiger partial charge in [0.1, 0.15) is 12.6 Å². The highest BCUT2D eigenvalue weighted by atomic mass is 32.2. The number of benzene rings is 3. The fraction of sp³-hybridized carbons (Fsp3) is 0.375. The molecule has 0 unspecified atom stereocenters. The highest BCUT2D eigenvalue weighted by Gasteiger charge is 2.33. The Morgan fingerprint density at radius 3 is 2.20 bits per heavy atom. The molecule has 1 atom stereocenters. The van der Waals surface area contributed by atoms with E-state index in [1.165, 1.54) is 9.21 Å². The first-order valence-electron chi connectivity index (χ1n) is 14.0. The highest BCUT2D eigenvalue weighted by Crippen LogP contribution is 2.28. The van der Waals surface area contributed by atoms with Crippen molar-refractivity contribution >= 4 is 27.5 Å². The molecule has 0 aliphatic carbocycles. The molecule has 40 heavy (non-hydrogen) atoms. The molecule has 0 radical (unpaired) electrons. The van der Waals surface area contributed by atoms with Crippen molar-refractivity contribution in [2.45, 2.75) is 64.3 Å². The van der Waals surface area contributed by atoms with Gasteiger partial charge in [0, 0.05) is 13.1 Å². The summed E-state index contributed by atoms with van der Waals surface area (Å²) in [6, 6.07) is 22.8. The molecule has 0 bridgehead atoms. The van der Waals surface area contributed by atoms with Crippen LogP contribution in [0.4, 0.5) is 5.69 Å². The lowest BCUT2D eigenvalue weighted by Crippen LogP contribution is -2.52. The second-order valence-electron chi connectivity index (χ2n) is 9.95. The SMILES string of the molecule is CCCCNC(=O)[C@@H](C)N(CCc1ccccc1)C(=O)CN(c1ccccc1CC)S(=O)(=O)c1ccc(C)cc1. The summed E-state index contributed by atoms with van der Waals surface area (Å²) >= 11 is 0. The van der Waals surface area contributed by atoms with Crippen LogP contribution in [0.5, 0.6) is 0 Å². The number of hydrogen-bond donors (Lipinski definition) is 1. The molecule has 0 saturated carbocycles. The van der Waals surface area contributed by atoms with Gasteiger partial charge in [0.25, 0.3) is 10.0 Å². The van der Waals surface area contributed by atoms with Gasteiger partial charge in [-0.1, -0.05) is 86.5 Å². The zero-order chi connectivity index (χ0) is 29.1. The van der Waals surface area contributed by atoms with Crippen LogP contribution in [0, 0.1) is 6.92 Å². The number of nitrogens with one attached hydrogen (secondary N) is 1. The van der Waals surface area contributed by atoms with Crippen LogP contribution in [-0.2, 0) is 32.5 Å². The van der Waals surface area contributed by atoms with E-state index in [4.69, 9.17) is 0 Å². The van der Waals surface area contributed by atoms with Gasteiger partial charge < -0.3 is 10.2 Å². The summed E-state index contributed by atoms with van der Waals surface area (Å²) < 4.78 is 29.2. The Hall–Kier alpha value is -3.65. The molecule has 0 saturated heterocycles. The van der Waals surface area contributed by atoms with Crippen molar-refractivity contribution in [1.82, 2.24) is 10.2 Å². The minimum absolute atomic E-state index is 0.109. The molecule has 3 aromatic carbocycles. The average molecular weight is 564 g/mol. The number of carbonyl (C=O) groups is 2. The van der Waals surface area contributed by atoms with E-state index in [1.54, 1.807) is 43.3 Å². The first kappa shape index (κ1) is 30.9. The number of carbonyl (C=O) groups excluding carboxylic acids is 2. The van der Waals surface area contributed by atoms with Gasteiger partial charge in [-0.3, -0.25) is 13.9 Å². The Balaban J connectivity index is 1.98. The Labute approximate surface area is 239 Å². The van der Waals surface area contributed by atoms with Crippen LogP contribution in [-0.4, -0.2) is 50.8 Å². The number of rotatable bonds is 14. The van der Waals surface area contributed by atoms with Gasteiger partial charge in [-0.25, -0.2) is 8.42 Å². The highest BCUT2D eigenvalue weighted by molar-refractivity contribution is 7.92. The summed E-state index contributed by atoms with van der Waals surface area (Å²) in [4.78, 5) is 28.7. The van der Waals surface area contributed by atoms with Crippen molar-refractivity contribution in [3.05, 3.63) is 95.6 Å². The third-order valence-electron chi connectivity index (χ3n) is 7.01. The van der Waals surface area contributed by atoms with Gasteiger partial charge in [0.05, 0.1) is 10.6 Å². The van der Waals surface area contributed by atoms with E-state index in [1.807, 2.05) is 63.2 Å². The topological polar surface area (TPSA) is 86.8 Å². The quantitative estimate of drug-likeness (QED) is 0.276. The van der Waals surface area contributed by atoms with Crippen LogP contribution < -0.4 is 9.62 Å². The number of amides is 2. The summed E-state index contributed by atoms with van der Waals surface area (Å²) in [5.74, 6) is -0.688. The first-order chi connectivity index (χ1) is 19.2. The lowest BCUT2D eigenvalue weighted by atomic mass is 10.1. The molecule has 3 rings (SSSR count). The number of hydrogen-bond acceptors (Lipinski definition) is 4. The van der Waals surface area contributed by atoms with Crippen LogP contribution in [0.3, 0.4) is 0 Å². The molecular weight excluding hydrogens is 522 g/mol. The molecule has 1 N–H and O–H groups in total. The van der Waals surface area contributed by atoms with E-state index >= 15 is 0 Å². The minimum atomic E-state index is -4.08. The van der Waals surface area contributed by atoms with E-state index in [0.29, 0.717) is 25.1 Å². The van der Waals surface area contributed by atoms with Gasteiger partial charge in [-0.05, 0) is 62.4 Å². The molecular formula is C32H41N3O4S. The molecule has 0 fully saturated rings. The molecule has 7 nitrogen and oxygen atoms in total. The number of unbranched alkanes of at least 4 members (excludes halogenated alkanes) is 1. The summed E-state index contributed by atoms with van der Waals surface area (Å²) in [5.41, 5.74) is 3.24. The molecule has 0 aromatic heterocycles. The summed E-state index contributed by atoms with van der Waals surface area (Å²) in [5, 5.41) is 2.92. The van der Waals surface area contributed by atoms with Crippen molar-refractivity contribution in [3.8, 4) is 0 Å². The zero-order valence-corrected chi connectivity index (χ0v) is 24.8. The second-order valence-corrected chi connectivity index (χ2v) is 11.8. The molecule has 0 aliphatic heterocycles. The van der Waals surface area contributed by atoms with Crippen molar-refractivity contribution in [1.29, 1.82) is 0 Å². The monoisotopic (exact) mass is 563 g/mol. The first-order valence-corrected chi connectivity index (χ1v) is 15.4. The van der Waals surface area contributed by atoms with E-state index in [9.17, 15) is 18.0 Å². The molecule has 214 valence electrons. The van der Waals surface area contributed by atoms with Crippen molar-refractivity contribution in [3.63, 3.8) is 0 Å². The zero-order valence-electron chi connectivity index (χ0n) is 24.0. The van der Waals surface area contributed by atoms with Crippen LogP contribution in [0.15, 0.2) is 83.8 Å². The third-order valence-corrected chi connectivity index (χ3v) is 8.78. The second kappa shape index (κ2) is 14.7. The van der Waals surface area contributed by atoms with Crippen LogP contribution in [0.1, 0.15) is 50.3 Å². The number of nitrogens with zero attached hydrogens (tertiary/aromatic N) is 2. The van der Waals surface area contributed by atoms with E-state index in [2.05, 4.69) is 5.32 Å². The average Bonchev–Trinajstić information content (AvgIpc) is 2.96. The number of aryl methyl sites for hydroxylation is 2. The van der Waals surface area contributed by atoms with Gasteiger partial charge >= 0.3 is 0 Å². The predicted molar refractivity (Wildman–Crippen MR) is 161 cm³/mol. The van der Waals surface area contributed by atoms with Crippen molar-refractivity contribution < 1.29 is 18.0 Å². The number of para-hydroxylation sites is 1. The maximum atomic E-state index is 14.0. The largest absolute Gasteiger partial charge is 0.354 e. The molecule has 3 aromatic rings. The van der Waals surface area contributed by atoms with Gasteiger partial charge in [-0.2, -0.15) is 0 Å². The fourth-order valence-electron chi connectivity index (χ4n) is 4.51. The molecule has 8 heteroatoms. The van der Waals surface area contributed by atoms with Crippen LogP contribution >= 0.6 is 0 Å². The summed E-state index contributed by atoms with van der Waals surface area (Å²) in [6.07, 6.45) is 2.91. The maximum absolute atomic E-state index is 14.0. The maximum Gasteiger partial charge on any atom is 0.264 e. The van der Waals surface area contributed by atoms with Gasteiger partial charge in [0.15, 0.2) is 0 Å². The number of sulfonamides is 1. The Morgan fingerprint density at radius 2 is 1.55 bits per heavy atom. The lowest BCUT2D eigenvalue weighted by molar-refractivity contribution is -0.138. The molecule has 2 amide bonds. The van der Waals surface area contributed by atoms with Crippen LogP contribution in [0.2, 0.25) is 0 Å². The summed E-state index contributed by atoms with van der Waals surface area (Å²) in [7, 11) is -4.08. The third kappa shape index (κ3) is 7.94. The fourth-order valence-corrected chi connectivity index (χ4v) is 5.96. The van der Waals surface area contributed by atoms with Gasteiger partial charge in [-0.15, -0.1) is 0 Å². The van der Waals surface area contributed by atoms with E-state index in [-0.39, 0.29) is 17.3 Å². The normalized spacial score (nSPS) is 12.0. The molecule has 0 aliphatic rings. The Kier molecular flexibility index (Phi) is 11.3. The Bertz CT molecular complexity index is 1360. The molecule has 0 heterocycles. The standard InChI is InChI=1S/C32H41N3O4S/c1-5-7-22-33-32(37)26(4)34(23-21-27-13-9-8-10-14-27)31(36)24-35(30-16-12-11-15-28(30)6-2)40(38,39)29-19-17-25(3)18-20-29/h8-20,26H,5-7,21-24H2,1-4H3,(H,33,37)/t26-/m1/s1. The van der Waals surface area contributed by atoms with Crippen LogP contribution in [0.25, 0.3) is 0 Å². The van der Waals surface area contributed by atoms with Crippen molar-refractivity contribution in [2.24, 2.45) is 0 Å². The van der Waals surface area contributed by atoms with E-state index in [0.717, 1.165) is 29.5 Å². The van der Waals surface area contributed by atoms with Crippen molar-refractivity contribution in [2.75, 3.05) is 23.9 Å². The Morgan fingerprint density at radius 1 is 0.900 bits per heavy atom.